The van der Waals surface area contributed by atoms with Gasteiger partial charge in [0.15, 0.2) is 5.76 Å². The van der Waals surface area contributed by atoms with E-state index in [1.54, 1.807) is 6.20 Å². The normalized spacial score (nSPS) is 14.3. The second kappa shape index (κ2) is 10.4. The van der Waals surface area contributed by atoms with Crippen molar-refractivity contribution in [2.45, 2.75) is 13.8 Å². The lowest BCUT2D eigenvalue weighted by Crippen LogP contribution is -2.51. The van der Waals surface area contributed by atoms with Gasteiger partial charge in [-0.3, -0.25) is 14.5 Å². The molecule has 0 bridgehead atoms. The average Bonchev–Trinajstić information content (AvgIpc) is 3.36. The zero-order chi connectivity index (χ0) is 23.2. The number of aromatic nitrogens is 1. The van der Waals surface area contributed by atoms with Gasteiger partial charge < -0.3 is 14.2 Å². The fourth-order valence-electron chi connectivity index (χ4n) is 4.14. The predicted octanol–water partition coefficient (Wildman–Crippen LogP) is 3.63. The average molecular weight is 447 g/mol. The molecule has 172 valence electrons. The molecule has 4 rings (SSSR count). The van der Waals surface area contributed by atoms with Gasteiger partial charge in [-0.1, -0.05) is 42.5 Å². The number of oxazole rings is 1. The van der Waals surface area contributed by atoms with Crippen molar-refractivity contribution in [2.24, 2.45) is 0 Å². The zero-order valence-corrected chi connectivity index (χ0v) is 19.2. The van der Waals surface area contributed by atoms with Crippen LogP contribution in [0.3, 0.4) is 0 Å². The minimum atomic E-state index is -0.0419. The third-order valence-electron chi connectivity index (χ3n) is 6.09. The SMILES string of the molecule is CCN(CC)C(=O)CN1CCN(C(=O)c2ccccc2-c2ncc(-c3ccccc3)o2)CC1. The highest BCUT2D eigenvalue weighted by Crippen LogP contribution is 2.29. The molecule has 0 atom stereocenters. The number of rotatable bonds is 7. The van der Waals surface area contributed by atoms with Gasteiger partial charge in [0.2, 0.25) is 11.8 Å². The van der Waals surface area contributed by atoms with Crippen LogP contribution >= 0.6 is 0 Å². The summed E-state index contributed by atoms with van der Waals surface area (Å²) in [6.07, 6.45) is 1.69. The Morgan fingerprint density at radius 1 is 0.939 bits per heavy atom. The Labute approximate surface area is 194 Å². The first kappa shape index (κ1) is 22.7. The lowest BCUT2D eigenvalue weighted by molar-refractivity contribution is -0.132. The lowest BCUT2D eigenvalue weighted by atomic mass is 10.1. The van der Waals surface area contributed by atoms with Crippen LogP contribution < -0.4 is 0 Å². The molecule has 2 amide bonds. The number of hydrogen-bond donors (Lipinski definition) is 0. The number of piperazine rings is 1. The van der Waals surface area contributed by atoms with E-state index < -0.39 is 0 Å². The molecule has 1 aromatic heterocycles. The molecule has 2 aromatic carbocycles. The summed E-state index contributed by atoms with van der Waals surface area (Å²) in [4.78, 5) is 36.0. The molecule has 2 heterocycles. The van der Waals surface area contributed by atoms with Gasteiger partial charge in [0.1, 0.15) is 0 Å². The topological polar surface area (TPSA) is 69.9 Å². The Kier molecular flexibility index (Phi) is 7.19. The highest BCUT2D eigenvalue weighted by molar-refractivity contribution is 6.00. The minimum absolute atomic E-state index is 0.0419. The lowest BCUT2D eigenvalue weighted by Gasteiger charge is -2.35. The maximum Gasteiger partial charge on any atom is 0.254 e. The maximum absolute atomic E-state index is 13.4. The smallest absolute Gasteiger partial charge is 0.254 e. The van der Waals surface area contributed by atoms with E-state index in [-0.39, 0.29) is 11.8 Å². The van der Waals surface area contributed by atoms with Gasteiger partial charge in [-0.25, -0.2) is 4.98 Å². The van der Waals surface area contributed by atoms with Crippen LogP contribution in [0.4, 0.5) is 0 Å². The second-order valence-corrected chi connectivity index (χ2v) is 8.08. The van der Waals surface area contributed by atoms with Crippen molar-refractivity contribution in [1.82, 2.24) is 19.7 Å². The first-order valence-electron chi connectivity index (χ1n) is 11.5. The summed E-state index contributed by atoms with van der Waals surface area (Å²) in [6, 6.07) is 17.2. The van der Waals surface area contributed by atoms with Crippen molar-refractivity contribution >= 4 is 11.8 Å². The van der Waals surface area contributed by atoms with E-state index >= 15 is 0 Å². The number of carbonyl (C=O) groups is 2. The highest BCUT2D eigenvalue weighted by atomic mass is 16.4. The van der Waals surface area contributed by atoms with E-state index in [9.17, 15) is 9.59 Å². The fraction of sp³-hybridized carbons (Fsp3) is 0.346. The summed E-state index contributed by atoms with van der Waals surface area (Å²) in [5.74, 6) is 1.20. The number of likely N-dealkylation sites (N-methyl/N-ethyl adjacent to an activating group) is 1. The third-order valence-corrected chi connectivity index (χ3v) is 6.09. The number of amides is 2. The van der Waals surface area contributed by atoms with Gasteiger partial charge in [-0.2, -0.15) is 0 Å². The van der Waals surface area contributed by atoms with E-state index in [0.717, 1.165) is 18.7 Å². The first-order valence-corrected chi connectivity index (χ1v) is 11.5. The number of nitrogens with zero attached hydrogens (tertiary/aromatic N) is 4. The molecule has 0 unspecified atom stereocenters. The van der Waals surface area contributed by atoms with Gasteiger partial charge >= 0.3 is 0 Å². The van der Waals surface area contributed by atoms with E-state index in [0.29, 0.717) is 55.5 Å². The van der Waals surface area contributed by atoms with Crippen molar-refractivity contribution in [1.29, 1.82) is 0 Å². The van der Waals surface area contributed by atoms with Crippen LogP contribution in [-0.2, 0) is 4.79 Å². The summed E-state index contributed by atoms with van der Waals surface area (Å²) < 4.78 is 6.01. The van der Waals surface area contributed by atoms with Gasteiger partial charge in [0.05, 0.1) is 18.3 Å². The molecular weight excluding hydrogens is 416 g/mol. The van der Waals surface area contributed by atoms with Gasteiger partial charge in [-0.15, -0.1) is 0 Å². The molecule has 7 nitrogen and oxygen atoms in total. The number of benzene rings is 2. The molecule has 0 spiro atoms. The molecule has 1 saturated heterocycles. The molecular formula is C26H30N4O3. The van der Waals surface area contributed by atoms with E-state index in [1.807, 2.05) is 78.2 Å². The molecule has 1 fully saturated rings. The highest BCUT2D eigenvalue weighted by Gasteiger charge is 2.26. The van der Waals surface area contributed by atoms with E-state index in [4.69, 9.17) is 4.42 Å². The number of carbonyl (C=O) groups excluding carboxylic acids is 2. The Morgan fingerprint density at radius 2 is 1.61 bits per heavy atom. The quantitative estimate of drug-likeness (QED) is 0.554. The summed E-state index contributed by atoms with van der Waals surface area (Å²) >= 11 is 0. The first-order chi connectivity index (χ1) is 16.1. The Morgan fingerprint density at radius 3 is 2.30 bits per heavy atom. The molecule has 7 heteroatoms. The monoisotopic (exact) mass is 446 g/mol. The van der Waals surface area contributed by atoms with E-state index in [2.05, 4.69) is 9.88 Å². The summed E-state index contributed by atoms with van der Waals surface area (Å²) in [5, 5.41) is 0. The van der Waals surface area contributed by atoms with Crippen molar-refractivity contribution in [2.75, 3.05) is 45.8 Å². The van der Waals surface area contributed by atoms with Gasteiger partial charge in [-0.05, 0) is 26.0 Å². The van der Waals surface area contributed by atoms with Crippen LogP contribution in [0, 0.1) is 0 Å². The fourth-order valence-corrected chi connectivity index (χ4v) is 4.14. The molecule has 3 aromatic rings. The standard InChI is InChI=1S/C26H30N4O3/c1-3-29(4-2)24(31)19-28-14-16-30(17-15-28)26(32)22-13-9-8-12-21(22)25-27-18-23(33-25)20-10-6-5-7-11-20/h5-13,18H,3-4,14-17,19H2,1-2H3. The van der Waals surface area contributed by atoms with Gasteiger partial charge in [0, 0.05) is 50.4 Å². The Hall–Kier alpha value is -3.45. The van der Waals surface area contributed by atoms with Crippen molar-refractivity contribution in [3.05, 3.63) is 66.4 Å². The zero-order valence-electron chi connectivity index (χ0n) is 19.2. The Bertz CT molecular complexity index is 1080. The summed E-state index contributed by atoms with van der Waals surface area (Å²) in [7, 11) is 0. The van der Waals surface area contributed by atoms with Crippen LogP contribution in [0.15, 0.2) is 65.2 Å². The van der Waals surface area contributed by atoms with Crippen molar-refractivity contribution in [3.8, 4) is 22.8 Å². The van der Waals surface area contributed by atoms with Crippen molar-refractivity contribution in [3.63, 3.8) is 0 Å². The number of hydrogen-bond acceptors (Lipinski definition) is 5. The van der Waals surface area contributed by atoms with Crippen molar-refractivity contribution < 1.29 is 14.0 Å². The Balaban J connectivity index is 1.44. The summed E-state index contributed by atoms with van der Waals surface area (Å²) in [6.45, 7) is 8.35. The van der Waals surface area contributed by atoms with Crippen LogP contribution in [0.2, 0.25) is 0 Å². The molecule has 0 radical (unpaired) electrons. The molecule has 0 N–H and O–H groups in total. The van der Waals surface area contributed by atoms with Crippen LogP contribution in [0.5, 0.6) is 0 Å². The second-order valence-electron chi connectivity index (χ2n) is 8.08. The van der Waals surface area contributed by atoms with Crippen LogP contribution in [-0.4, -0.2) is 77.3 Å². The summed E-state index contributed by atoms with van der Waals surface area (Å²) in [5.41, 5.74) is 2.20. The minimum Gasteiger partial charge on any atom is -0.436 e. The maximum atomic E-state index is 13.4. The van der Waals surface area contributed by atoms with Crippen LogP contribution in [0.1, 0.15) is 24.2 Å². The largest absolute Gasteiger partial charge is 0.436 e. The molecule has 0 aliphatic carbocycles. The predicted molar refractivity (Wildman–Crippen MR) is 128 cm³/mol. The molecule has 1 aliphatic rings. The van der Waals surface area contributed by atoms with E-state index in [1.165, 1.54) is 0 Å². The van der Waals surface area contributed by atoms with Gasteiger partial charge in [0.25, 0.3) is 5.91 Å². The van der Waals surface area contributed by atoms with Crippen LogP contribution in [0.25, 0.3) is 22.8 Å². The molecule has 33 heavy (non-hydrogen) atoms. The molecule has 1 aliphatic heterocycles. The third kappa shape index (κ3) is 5.14. The molecule has 0 saturated carbocycles.